The first-order valence-electron chi connectivity index (χ1n) is 8.23. The Morgan fingerprint density at radius 3 is 2.21 bits per heavy atom. The summed E-state index contributed by atoms with van der Waals surface area (Å²) in [6.07, 6.45) is -4.26. The second-order valence-electron chi connectivity index (χ2n) is 6.36. The van der Waals surface area contributed by atoms with E-state index in [4.69, 9.17) is 8.83 Å². The Morgan fingerprint density at radius 2 is 1.57 bits per heavy atom. The van der Waals surface area contributed by atoms with Crippen molar-refractivity contribution in [3.63, 3.8) is 0 Å². The highest BCUT2D eigenvalue weighted by Gasteiger charge is 2.29. The van der Waals surface area contributed by atoms with Crippen molar-refractivity contribution in [3.05, 3.63) is 47.8 Å². The summed E-state index contributed by atoms with van der Waals surface area (Å²) in [5.41, 5.74) is 2.33. The highest BCUT2D eigenvalue weighted by molar-refractivity contribution is 5.77. The lowest BCUT2D eigenvalue weighted by molar-refractivity contribution is -0.144. The third-order valence-electron chi connectivity index (χ3n) is 3.92. The van der Waals surface area contributed by atoms with Gasteiger partial charge >= 0.3 is 18.2 Å². The molecule has 6 nitrogen and oxygen atoms in total. The lowest BCUT2D eigenvalue weighted by Gasteiger charge is -2.18. The van der Waals surface area contributed by atoms with Crippen molar-refractivity contribution < 1.29 is 26.4 Å². The fraction of sp³-hybridized carbons (Fsp3) is 0.222. The zero-order valence-corrected chi connectivity index (χ0v) is 14.5. The molecule has 4 aromatic rings. The molecule has 28 heavy (non-hydrogen) atoms. The number of rotatable bonds is 5. The van der Waals surface area contributed by atoms with E-state index in [2.05, 4.69) is 15.3 Å². The molecule has 0 atom stereocenters. The van der Waals surface area contributed by atoms with Gasteiger partial charge in [-0.3, -0.25) is 10.2 Å². The average Bonchev–Trinajstić information content (AvgIpc) is 3.14. The smallest absolute Gasteiger partial charge is 0.401 e. The van der Waals surface area contributed by atoms with Crippen LogP contribution in [0.25, 0.3) is 22.2 Å². The molecule has 10 heteroatoms. The largest absolute Gasteiger partial charge is 0.423 e. The van der Waals surface area contributed by atoms with Crippen LogP contribution in [0.5, 0.6) is 0 Å². The van der Waals surface area contributed by atoms with Gasteiger partial charge in [-0.15, -0.1) is 0 Å². The number of oxazole rings is 2. The van der Waals surface area contributed by atoms with Crippen LogP contribution in [0.4, 0.5) is 29.6 Å². The zero-order valence-electron chi connectivity index (χ0n) is 14.5. The van der Waals surface area contributed by atoms with Gasteiger partial charge in [-0.2, -0.15) is 23.1 Å². The summed E-state index contributed by atoms with van der Waals surface area (Å²) in [5, 5.41) is 2.76. The molecule has 0 unspecified atom stereocenters. The van der Waals surface area contributed by atoms with E-state index in [0.717, 1.165) is 4.90 Å². The first-order valence-corrected chi connectivity index (χ1v) is 8.23. The summed E-state index contributed by atoms with van der Waals surface area (Å²) < 4.78 is 61.6. The highest BCUT2D eigenvalue weighted by Crippen LogP contribution is 2.26. The Kier molecular flexibility index (Phi) is 4.42. The number of nitrogens with zero attached hydrogens (tertiary/aromatic N) is 3. The number of alkyl halides is 3. The van der Waals surface area contributed by atoms with Gasteiger partial charge in [0.05, 0.1) is 6.54 Å². The Balaban J connectivity index is 1.52. The van der Waals surface area contributed by atoms with Gasteiger partial charge in [-0.1, -0.05) is 6.07 Å². The van der Waals surface area contributed by atoms with E-state index in [1.165, 1.54) is 25.2 Å². The lowest BCUT2D eigenvalue weighted by atomic mass is 10.2. The van der Waals surface area contributed by atoms with Gasteiger partial charge in [-0.05, 0) is 36.9 Å². The molecule has 4 rings (SSSR count). The molecule has 0 aliphatic heterocycles. The van der Waals surface area contributed by atoms with Crippen molar-refractivity contribution in [2.24, 2.45) is 0 Å². The standard InChI is InChI=1S/C18H14F4N4O2/c1-26(9-18(20,21)22)8-10-2-4-14-12(6-10)23-16(27-14)25-17-24-13-7-11(19)3-5-15(13)28-17/h2-7H,8-9H2,1H3,(H,23,24,25). The van der Waals surface area contributed by atoms with Crippen molar-refractivity contribution in [2.45, 2.75) is 12.7 Å². The minimum absolute atomic E-state index is 0.0808. The summed E-state index contributed by atoms with van der Waals surface area (Å²) in [6, 6.07) is 9.09. The second kappa shape index (κ2) is 6.79. The van der Waals surface area contributed by atoms with Gasteiger partial charge in [0, 0.05) is 12.6 Å². The van der Waals surface area contributed by atoms with Crippen LogP contribution in [0.15, 0.2) is 45.2 Å². The van der Waals surface area contributed by atoms with Crippen LogP contribution in [0.2, 0.25) is 0 Å². The minimum Gasteiger partial charge on any atom is -0.423 e. The third kappa shape index (κ3) is 4.06. The van der Waals surface area contributed by atoms with E-state index >= 15 is 0 Å². The molecule has 2 aromatic carbocycles. The van der Waals surface area contributed by atoms with Crippen LogP contribution >= 0.6 is 0 Å². The van der Waals surface area contributed by atoms with E-state index in [1.807, 2.05) is 0 Å². The molecule has 0 spiro atoms. The molecule has 0 bridgehead atoms. The number of benzene rings is 2. The van der Waals surface area contributed by atoms with Crippen molar-refractivity contribution in [2.75, 3.05) is 18.9 Å². The van der Waals surface area contributed by atoms with Crippen molar-refractivity contribution in [3.8, 4) is 0 Å². The number of halogens is 4. The van der Waals surface area contributed by atoms with Gasteiger partial charge in [0.25, 0.3) is 0 Å². The molecule has 0 amide bonds. The van der Waals surface area contributed by atoms with E-state index in [-0.39, 0.29) is 18.6 Å². The molecule has 2 aromatic heterocycles. The van der Waals surface area contributed by atoms with Gasteiger partial charge in [-0.25, -0.2) is 4.39 Å². The van der Waals surface area contributed by atoms with Crippen LogP contribution in [0.1, 0.15) is 5.56 Å². The Hall–Kier alpha value is -3.14. The van der Waals surface area contributed by atoms with Gasteiger partial charge in [0.2, 0.25) is 0 Å². The zero-order chi connectivity index (χ0) is 19.9. The highest BCUT2D eigenvalue weighted by atomic mass is 19.4. The quantitative estimate of drug-likeness (QED) is 0.489. The van der Waals surface area contributed by atoms with Crippen LogP contribution in [-0.4, -0.2) is 34.6 Å². The number of aromatic nitrogens is 2. The first kappa shape index (κ1) is 18.2. The predicted octanol–water partition coefficient (Wildman–Crippen LogP) is 4.85. The second-order valence-corrected chi connectivity index (χ2v) is 6.36. The minimum atomic E-state index is -4.26. The van der Waals surface area contributed by atoms with Gasteiger partial charge in [0.15, 0.2) is 11.2 Å². The van der Waals surface area contributed by atoms with Crippen molar-refractivity contribution in [1.29, 1.82) is 0 Å². The van der Waals surface area contributed by atoms with E-state index in [9.17, 15) is 17.6 Å². The normalized spacial score (nSPS) is 12.4. The van der Waals surface area contributed by atoms with Gasteiger partial charge < -0.3 is 8.83 Å². The number of hydrogen-bond donors (Lipinski definition) is 1. The summed E-state index contributed by atoms with van der Waals surface area (Å²) in [6.45, 7) is -0.892. The molecule has 0 fully saturated rings. The van der Waals surface area contributed by atoms with E-state index < -0.39 is 18.5 Å². The maximum atomic E-state index is 13.2. The monoisotopic (exact) mass is 394 g/mol. The van der Waals surface area contributed by atoms with Crippen LogP contribution in [-0.2, 0) is 6.54 Å². The average molecular weight is 394 g/mol. The number of hydrogen-bond acceptors (Lipinski definition) is 6. The molecule has 0 saturated carbocycles. The molecule has 1 N–H and O–H groups in total. The van der Waals surface area contributed by atoms with Crippen molar-refractivity contribution >= 4 is 34.2 Å². The lowest BCUT2D eigenvalue weighted by Crippen LogP contribution is -2.30. The van der Waals surface area contributed by atoms with Crippen LogP contribution in [0.3, 0.4) is 0 Å². The molecule has 0 radical (unpaired) electrons. The Labute approximate surface area is 155 Å². The molecular weight excluding hydrogens is 380 g/mol. The van der Waals surface area contributed by atoms with Crippen LogP contribution < -0.4 is 5.32 Å². The summed E-state index contributed by atoms with van der Waals surface area (Å²) >= 11 is 0. The maximum Gasteiger partial charge on any atom is 0.401 e. The molecule has 146 valence electrons. The summed E-state index contributed by atoms with van der Waals surface area (Å²) in [4.78, 5) is 9.51. The first-order chi connectivity index (χ1) is 13.2. The topological polar surface area (TPSA) is 67.3 Å². The predicted molar refractivity (Wildman–Crippen MR) is 93.6 cm³/mol. The summed E-state index contributed by atoms with van der Waals surface area (Å²) in [7, 11) is 1.39. The van der Waals surface area contributed by atoms with Crippen molar-refractivity contribution in [1.82, 2.24) is 14.9 Å². The number of fused-ring (bicyclic) bond motifs is 2. The van der Waals surface area contributed by atoms with Crippen LogP contribution in [0, 0.1) is 5.82 Å². The SMILES string of the molecule is CN(Cc1ccc2oc(Nc3nc4cc(F)ccc4o3)nc2c1)CC(F)(F)F. The fourth-order valence-electron chi connectivity index (χ4n) is 2.84. The molecule has 0 aliphatic carbocycles. The molecule has 0 saturated heterocycles. The Morgan fingerprint density at radius 1 is 0.964 bits per heavy atom. The molecular formula is C18H14F4N4O2. The third-order valence-corrected chi connectivity index (χ3v) is 3.92. The Bertz CT molecular complexity index is 1140. The van der Waals surface area contributed by atoms with E-state index in [1.54, 1.807) is 18.2 Å². The number of nitrogens with one attached hydrogen (secondary N) is 1. The molecule has 0 aliphatic rings. The van der Waals surface area contributed by atoms with E-state index in [0.29, 0.717) is 27.8 Å². The number of anilines is 2. The summed E-state index contributed by atoms with van der Waals surface area (Å²) in [5.74, 6) is -0.433. The molecule has 2 heterocycles. The maximum absolute atomic E-state index is 13.2. The fourth-order valence-corrected chi connectivity index (χ4v) is 2.84. The van der Waals surface area contributed by atoms with Gasteiger partial charge in [0.1, 0.15) is 16.9 Å².